The molecule has 0 radical (unpaired) electrons. The summed E-state index contributed by atoms with van der Waals surface area (Å²) in [6.07, 6.45) is 0.414. The molecule has 0 unspecified atom stereocenters. The van der Waals surface area contributed by atoms with E-state index in [2.05, 4.69) is 10.5 Å². The summed E-state index contributed by atoms with van der Waals surface area (Å²) in [4.78, 5) is 9.81. The third kappa shape index (κ3) is 3.25. The van der Waals surface area contributed by atoms with Crippen LogP contribution in [0.2, 0.25) is 0 Å². The summed E-state index contributed by atoms with van der Waals surface area (Å²) in [7, 11) is 0. The number of hydrogen-bond acceptors (Lipinski definition) is 4. The van der Waals surface area contributed by atoms with Crippen LogP contribution in [-0.4, -0.2) is 11.1 Å². The molecule has 2 aromatic carbocycles. The SMILES string of the molecule is O=[N+]([O-])c1ccc(NN=Cc2c(F)c(F)c(F)c(F)c2F)cc1. The average Bonchev–Trinajstić information content (AvgIpc) is 2.54. The van der Waals surface area contributed by atoms with Gasteiger partial charge in [0.2, 0.25) is 5.82 Å². The van der Waals surface area contributed by atoms with Gasteiger partial charge in [-0.2, -0.15) is 5.10 Å². The molecule has 2 rings (SSSR count). The summed E-state index contributed by atoms with van der Waals surface area (Å²) in [5.74, 6) is -10.5. The van der Waals surface area contributed by atoms with Crippen molar-refractivity contribution in [3.05, 3.63) is 69.0 Å². The maximum absolute atomic E-state index is 13.4. The Morgan fingerprint density at radius 3 is 1.87 bits per heavy atom. The number of benzene rings is 2. The number of non-ortho nitro benzene ring substituents is 1. The number of anilines is 1. The number of nitrogens with zero attached hydrogens (tertiary/aromatic N) is 2. The summed E-state index contributed by atoms with van der Waals surface area (Å²) in [6.45, 7) is 0. The van der Waals surface area contributed by atoms with Crippen LogP contribution in [0.3, 0.4) is 0 Å². The molecule has 2 aromatic rings. The van der Waals surface area contributed by atoms with Gasteiger partial charge in [0.25, 0.3) is 5.69 Å². The Morgan fingerprint density at radius 1 is 0.913 bits per heavy atom. The van der Waals surface area contributed by atoms with E-state index in [9.17, 15) is 32.1 Å². The van der Waals surface area contributed by atoms with Crippen LogP contribution in [-0.2, 0) is 0 Å². The van der Waals surface area contributed by atoms with Gasteiger partial charge in [-0.3, -0.25) is 15.5 Å². The number of nitrogens with one attached hydrogen (secondary N) is 1. The molecule has 10 heteroatoms. The van der Waals surface area contributed by atoms with E-state index in [0.29, 0.717) is 6.21 Å². The van der Waals surface area contributed by atoms with Crippen LogP contribution < -0.4 is 5.43 Å². The van der Waals surface area contributed by atoms with Gasteiger partial charge in [-0.1, -0.05) is 0 Å². The Bertz CT molecular complexity index is 764. The summed E-state index contributed by atoms with van der Waals surface area (Å²) >= 11 is 0. The minimum atomic E-state index is -2.26. The van der Waals surface area contributed by atoms with Gasteiger partial charge >= 0.3 is 0 Å². The number of rotatable bonds is 4. The first-order valence-electron chi connectivity index (χ1n) is 5.88. The van der Waals surface area contributed by atoms with Crippen LogP contribution in [0.15, 0.2) is 29.4 Å². The molecule has 0 aliphatic rings. The molecule has 1 N–H and O–H groups in total. The lowest BCUT2D eigenvalue weighted by Gasteiger charge is -2.04. The second-order valence-electron chi connectivity index (χ2n) is 4.16. The predicted octanol–water partition coefficient (Wildman–Crippen LogP) is 3.74. The lowest BCUT2D eigenvalue weighted by molar-refractivity contribution is -0.384. The zero-order valence-electron chi connectivity index (χ0n) is 11.0. The largest absolute Gasteiger partial charge is 0.278 e. The van der Waals surface area contributed by atoms with Gasteiger partial charge in [-0.15, -0.1) is 0 Å². The van der Waals surface area contributed by atoms with Crippen molar-refractivity contribution < 1.29 is 26.9 Å². The summed E-state index contributed by atoms with van der Waals surface area (Å²) in [5, 5.41) is 13.8. The van der Waals surface area contributed by atoms with Crippen LogP contribution in [0.1, 0.15) is 5.56 Å². The molecule has 0 aromatic heterocycles. The van der Waals surface area contributed by atoms with Crippen molar-refractivity contribution in [2.75, 3.05) is 5.43 Å². The standard InChI is InChI=1S/C13H6F5N3O2/c14-9-8(10(15)12(17)13(18)11(9)16)5-19-20-6-1-3-7(4-2-6)21(22)23/h1-5,20H. The fourth-order valence-electron chi connectivity index (χ4n) is 1.56. The number of hydrazone groups is 1. The minimum Gasteiger partial charge on any atom is -0.278 e. The monoisotopic (exact) mass is 331 g/mol. The van der Waals surface area contributed by atoms with E-state index in [1.807, 2.05) is 0 Å². The zero-order valence-corrected chi connectivity index (χ0v) is 11.0. The fraction of sp³-hybridized carbons (Fsp3) is 0. The van der Waals surface area contributed by atoms with Gasteiger partial charge in [0, 0.05) is 12.1 Å². The highest BCUT2D eigenvalue weighted by atomic mass is 19.2. The number of nitro benzene ring substituents is 1. The van der Waals surface area contributed by atoms with Gasteiger partial charge in [0.1, 0.15) is 0 Å². The molecule has 0 aliphatic carbocycles. The predicted molar refractivity (Wildman–Crippen MR) is 70.5 cm³/mol. The third-order valence-electron chi connectivity index (χ3n) is 2.71. The van der Waals surface area contributed by atoms with Crippen LogP contribution in [0.4, 0.5) is 33.3 Å². The first-order chi connectivity index (χ1) is 10.8. The number of hydrogen-bond donors (Lipinski definition) is 1. The van der Waals surface area contributed by atoms with Crippen molar-refractivity contribution in [3.8, 4) is 0 Å². The van der Waals surface area contributed by atoms with Gasteiger partial charge in [-0.25, -0.2) is 22.0 Å². The molecular weight excluding hydrogens is 325 g/mol. The molecule has 0 bridgehead atoms. The van der Waals surface area contributed by atoms with Crippen LogP contribution >= 0.6 is 0 Å². The lowest BCUT2D eigenvalue weighted by Crippen LogP contribution is -2.07. The van der Waals surface area contributed by atoms with Crippen molar-refractivity contribution >= 4 is 17.6 Å². The van der Waals surface area contributed by atoms with E-state index in [-0.39, 0.29) is 11.4 Å². The lowest BCUT2D eigenvalue weighted by atomic mass is 10.2. The summed E-state index contributed by atoms with van der Waals surface area (Å²) in [5.41, 5.74) is 1.04. The van der Waals surface area contributed by atoms with Gasteiger partial charge in [0.05, 0.1) is 22.4 Å². The quantitative estimate of drug-likeness (QED) is 0.232. The Kier molecular flexibility index (Phi) is 4.53. The molecule has 23 heavy (non-hydrogen) atoms. The van der Waals surface area contributed by atoms with Crippen molar-refractivity contribution in [2.45, 2.75) is 0 Å². The molecule has 0 amide bonds. The third-order valence-corrected chi connectivity index (χ3v) is 2.71. The highest BCUT2D eigenvalue weighted by Crippen LogP contribution is 2.22. The highest BCUT2D eigenvalue weighted by Gasteiger charge is 2.24. The van der Waals surface area contributed by atoms with Crippen molar-refractivity contribution in [1.29, 1.82) is 0 Å². The average molecular weight is 331 g/mol. The molecule has 0 spiro atoms. The molecular formula is C13H6F5N3O2. The molecule has 0 aliphatic heterocycles. The van der Waals surface area contributed by atoms with E-state index in [4.69, 9.17) is 0 Å². The topological polar surface area (TPSA) is 67.5 Å². The highest BCUT2D eigenvalue weighted by molar-refractivity contribution is 5.81. The zero-order chi connectivity index (χ0) is 17.1. The second kappa shape index (κ2) is 6.38. The first-order valence-corrected chi connectivity index (χ1v) is 5.88. The molecule has 0 saturated carbocycles. The maximum Gasteiger partial charge on any atom is 0.269 e. The van der Waals surface area contributed by atoms with E-state index in [1.54, 1.807) is 0 Å². The van der Waals surface area contributed by atoms with Crippen molar-refractivity contribution in [3.63, 3.8) is 0 Å². The molecule has 0 saturated heterocycles. The second-order valence-corrected chi connectivity index (χ2v) is 4.16. The Hall–Kier alpha value is -3.04. The summed E-state index contributed by atoms with van der Waals surface area (Å²) in [6, 6.07) is 4.76. The Balaban J connectivity index is 2.23. The van der Waals surface area contributed by atoms with E-state index in [0.717, 1.165) is 12.1 Å². The van der Waals surface area contributed by atoms with Crippen LogP contribution in [0.25, 0.3) is 0 Å². The van der Waals surface area contributed by atoms with E-state index in [1.165, 1.54) is 12.1 Å². The van der Waals surface area contributed by atoms with Crippen molar-refractivity contribution in [2.24, 2.45) is 5.10 Å². The van der Waals surface area contributed by atoms with Gasteiger partial charge in [0.15, 0.2) is 23.3 Å². The van der Waals surface area contributed by atoms with E-state index < -0.39 is 39.6 Å². The van der Waals surface area contributed by atoms with E-state index >= 15 is 0 Å². The molecule has 0 atom stereocenters. The number of nitro groups is 1. The molecule has 0 fully saturated rings. The normalized spacial score (nSPS) is 11.0. The number of halogens is 5. The van der Waals surface area contributed by atoms with Crippen LogP contribution in [0.5, 0.6) is 0 Å². The molecule has 5 nitrogen and oxygen atoms in total. The van der Waals surface area contributed by atoms with Gasteiger partial charge in [-0.05, 0) is 12.1 Å². The Labute approximate surface area is 125 Å². The van der Waals surface area contributed by atoms with Crippen molar-refractivity contribution in [1.82, 2.24) is 0 Å². The Morgan fingerprint density at radius 2 is 1.39 bits per heavy atom. The minimum absolute atomic E-state index is 0.195. The smallest absolute Gasteiger partial charge is 0.269 e. The van der Waals surface area contributed by atoms with Crippen LogP contribution in [0, 0.1) is 39.2 Å². The molecule has 0 heterocycles. The van der Waals surface area contributed by atoms with Gasteiger partial charge < -0.3 is 0 Å². The summed E-state index contributed by atoms with van der Waals surface area (Å²) < 4.78 is 65.5. The molecule has 120 valence electrons. The maximum atomic E-state index is 13.4. The fourth-order valence-corrected chi connectivity index (χ4v) is 1.56. The first kappa shape index (κ1) is 16.3.